The van der Waals surface area contributed by atoms with E-state index in [0.29, 0.717) is 12.1 Å². The van der Waals surface area contributed by atoms with E-state index in [1.807, 2.05) is 60.7 Å². The maximum absolute atomic E-state index is 12.4. The number of nitrogen functional groups attached to an aromatic ring is 1. The van der Waals surface area contributed by atoms with Crippen LogP contribution in [0.2, 0.25) is 0 Å². The average Bonchev–Trinajstić information content (AvgIpc) is 3.04. The van der Waals surface area contributed by atoms with Gasteiger partial charge in [-0.25, -0.2) is 0 Å². The van der Waals surface area contributed by atoms with Gasteiger partial charge in [-0.15, -0.1) is 0 Å². The number of carboxylic acid groups (broad SMARTS) is 1. The highest BCUT2D eigenvalue weighted by molar-refractivity contribution is 5.76. The molecule has 4 rings (SSSR count). The SMILES string of the molecule is COc1ccc(CC2c3ccccc3C(c3ccc(N)cc3)C2C(=O)O)cc1. The fraction of sp³-hybridized carbons (Fsp3) is 0.208. The molecule has 142 valence electrons. The molecule has 0 heterocycles. The van der Waals surface area contributed by atoms with Crippen LogP contribution < -0.4 is 10.5 Å². The van der Waals surface area contributed by atoms with Crippen LogP contribution in [0.4, 0.5) is 5.69 Å². The Morgan fingerprint density at radius 3 is 2.21 bits per heavy atom. The number of carbonyl (C=O) groups is 1. The number of rotatable bonds is 5. The van der Waals surface area contributed by atoms with E-state index in [-0.39, 0.29) is 11.8 Å². The lowest BCUT2D eigenvalue weighted by molar-refractivity contribution is -0.142. The van der Waals surface area contributed by atoms with Gasteiger partial charge in [-0.1, -0.05) is 48.5 Å². The summed E-state index contributed by atoms with van der Waals surface area (Å²) in [7, 11) is 1.64. The summed E-state index contributed by atoms with van der Waals surface area (Å²) in [5, 5.41) is 10.2. The standard InChI is InChI=1S/C24H23NO3/c1-28-18-12-6-15(7-13-18)14-21-19-4-2-3-5-20(19)22(23(21)24(26)27)16-8-10-17(25)11-9-16/h2-13,21-23H,14,25H2,1H3,(H,26,27). The predicted octanol–water partition coefficient (Wildman–Crippen LogP) is 4.45. The van der Waals surface area contributed by atoms with Crippen LogP contribution >= 0.6 is 0 Å². The van der Waals surface area contributed by atoms with E-state index in [1.165, 1.54) is 0 Å². The van der Waals surface area contributed by atoms with Gasteiger partial charge in [-0.3, -0.25) is 4.79 Å². The van der Waals surface area contributed by atoms with Crippen molar-refractivity contribution in [2.75, 3.05) is 12.8 Å². The second-order valence-electron chi connectivity index (χ2n) is 7.30. The zero-order chi connectivity index (χ0) is 19.7. The largest absolute Gasteiger partial charge is 0.497 e. The van der Waals surface area contributed by atoms with E-state index in [0.717, 1.165) is 28.0 Å². The first-order valence-electron chi connectivity index (χ1n) is 9.38. The Hall–Kier alpha value is -3.27. The molecule has 3 N–H and O–H groups in total. The van der Waals surface area contributed by atoms with Gasteiger partial charge in [0.2, 0.25) is 0 Å². The van der Waals surface area contributed by atoms with Gasteiger partial charge in [-0.2, -0.15) is 0 Å². The van der Waals surface area contributed by atoms with Crippen molar-refractivity contribution in [2.24, 2.45) is 5.92 Å². The lowest BCUT2D eigenvalue weighted by Gasteiger charge is -2.22. The third-order valence-electron chi connectivity index (χ3n) is 5.72. The Bertz CT molecular complexity index is 979. The minimum Gasteiger partial charge on any atom is -0.497 e. The van der Waals surface area contributed by atoms with E-state index >= 15 is 0 Å². The molecular formula is C24H23NO3. The number of aliphatic carboxylic acids is 1. The minimum absolute atomic E-state index is 0.0929. The lowest BCUT2D eigenvalue weighted by atomic mass is 9.80. The van der Waals surface area contributed by atoms with E-state index in [4.69, 9.17) is 10.5 Å². The molecule has 0 aliphatic heterocycles. The van der Waals surface area contributed by atoms with E-state index in [9.17, 15) is 9.90 Å². The summed E-state index contributed by atoms with van der Waals surface area (Å²) < 4.78 is 5.23. The monoisotopic (exact) mass is 373 g/mol. The summed E-state index contributed by atoms with van der Waals surface area (Å²) in [6.45, 7) is 0. The first kappa shape index (κ1) is 18.1. The molecule has 4 nitrogen and oxygen atoms in total. The Labute approximate surface area is 164 Å². The number of fused-ring (bicyclic) bond motifs is 1. The highest BCUT2D eigenvalue weighted by Crippen LogP contribution is 2.51. The molecule has 4 heteroatoms. The van der Waals surface area contributed by atoms with Crippen LogP contribution in [0.25, 0.3) is 0 Å². The third-order valence-corrected chi connectivity index (χ3v) is 5.72. The van der Waals surface area contributed by atoms with Gasteiger partial charge in [0.15, 0.2) is 0 Å². The van der Waals surface area contributed by atoms with Crippen molar-refractivity contribution in [3.63, 3.8) is 0 Å². The molecule has 0 bridgehead atoms. The summed E-state index contributed by atoms with van der Waals surface area (Å²) in [6.07, 6.45) is 0.670. The predicted molar refractivity (Wildman–Crippen MR) is 110 cm³/mol. The summed E-state index contributed by atoms with van der Waals surface area (Å²) >= 11 is 0. The first-order valence-corrected chi connectivity index (χ1v) is 9.38. The van der Waals surface area contributed by atoms with Crippen LogP contribution in [0.15, 0.2) is 72.8 Å². The zero-order valence-corrected chi connectivity index (χ0v) is 15.7. The number of ether oxygens (including phenoxy) is 1. The molecule has 1 aliphatic rings. The quantitative estimate of drug-likeness (QED) is 0.648. The Morgan fingerprint density at radius 1 is 0.964 bits per heavy atom. The molecule has 0 amide bonds. The molecular weight excluding hydrogens is 350 g/mol. The van der Waals surface area contributed by atoms with Crippen molar-refractivity contribution in [3.05, 3.63) is 95.1 Å². The molecule has 0 saturated heterocycles. The van der Waals surface area contributed by atoms with Crippen molar-refractivity contribution >= 4 is 11.7 Å². The average molecular weight is 373 g/mol. The molecule has 0 fully saturated rings. The summed E-state index contributed by atoms with van der Waals surface area (Å²) in [6, 6.07) is 23.5. The Morgan fingerprint density at radius 2 is 1.61 bits per heavy atom. The number of anilines is 1. The van der Waals surface area contributed by atoms with E-state index in [1.54, 1.807) is 7.11 Å². The van der Waals surface area contributed by atoms with Crippen LogP contribution in [0.5, 0.6) is 5.75 Å². The number of hydrogen-bond acceptors (Lipinski definition) is 3. The fourth-order valence-corrected chi connectivity index (χ4v) is 4.41. The van der Waals surface area contributed by atoms with Gasteiger partial charge in [0.05, 0.1) is 13.0 Å². The number of hydrogen-bond donors (Lipinski definition) is 2. The van der Waals surface area contributed by atoms with Crippen molar-refractivity contribution in [3.8, 4) is 5.75 Å². The fourth-order valence-electron chi connectivity index (χ4n) is 4.41. The van der Waals surface area contributed by atoms with Crippen molar-refractivity contribution in [1.82, 2.24) is 0 Å². The summed E-state index contributed by atoms with van der Waals surface area (Å²) in [4.78, 5) is 12.4. The second-order valence-corrected chi connectivity index (χ2v) is 7.30. The minimum atomic E-state index is -0.767. The highest BCUT2D eigenvalue weighted by atomic mass is 16.5. The number of carboxylic acids is 1. The Kier molecular flexibility index (Phi) is 4.78. The van der Waals surface area contributed by atoms with Crippen LogP contribution in [-0.4, -0.2) is 18.2 Å². The van der Waals surface area contributed by atoms with Crippen molar-refractivity contribution in [2.45, 2.75) is 18.3 Å². The Balaban J connectivity index is 1.76. The lowest BCUT2D eigenvalue weighted by Crippen LogP contribution is -2.24. The molecule has 3 unspecified atom stereocenters. The van der Waals surface area contributed by atoms with Crippen LogP contribution in [0.1, 0.15) is 34.1 Å². The summed E-state index contributed by atoms with van der Waals surface area (Å²) in [5.41, 5.74) is 10.8. The second kappa shape index (κ2) is 7.39. The van der Waals surface area contributed by atoms with E-state index in [2.05, 4.69) is 12.1 Å². The topological polar surface area (TPSA) is 72.5 Å². The highest BCUT2D eigenvalue weighted by Gasteiger charge is 2.45. The number of methoxy groups -OCH3 is 1. The van der Waals surface area contributed by atoms with Gasteiger partial charge in [0, 0.05) is 17.5 Å². The van der Waals surface area contributed by atoms with E-state index < -0.39 is 11.9 Å². The molecule has 3 aromatic rings. The molecule has 0 aromatic heterocycles. The van der Waals surface area contributed by atoms with Gasteiger partial charge >= 0.3 is 5.97 Å². The molecule has 1 aliphatic carbocycles. The zero-order valence-electron chi connectivity index (χ0n) is 15.7. The smallest absolute Gasteiger partial charge is 0.308 e. The van der Waals surface area contributed by atoms with Crippen LogP contribution in [-0.2, 0) is 11.2 Å². The van der Waals surface area contributed by atoms with Gasteiger partial charge in [-0.05, 0) is 52.9 Å². The molecule has 0 radical (unpaired) electrons. The first-order chi connectivity index (χ1) is 13.6. The molecule has 3 atom stereocenters. The maximum atomic E-state index is 12.4. The van der Waals surface area contributed by atoms with Gasteiger partial charge < -0.3 is 15.6 Å². The van der Waals surface area contributed by atoms with Crippen molar-refractivity contribution in [1.29, 1.82) is 0 Å². The van der Waals surface area contributed by atoms with Crippen LogP contribution in [0.3, 0.4) is 0 Å². The molecule has 0 saturated carbocycles. The van der Waals surface area contributed by atoms with Gasteiger partial charge in [0.1, 0.15) is 5.75 Å². The number of nitrogens with two attached hydrogens (primary N) is 1. The third kappa shape index (κ3) is 3.22. The van der Waals surface area contributed by atoms with Crippen LogP contribution in [0, 0.1) is 5.92 Å². The van der Waals surface area contributed by atoms with Gasteiger partial charge in [0.25, 0.3) is 0 Å². The summed E-state index contributed by atoms with van der Waals surface area (Å²) in [5.74, 6) is -0.771. The maximum Gasteiger partial charge on any atom is 0.308 e. The molecule has 3 aromatic carbocycles. The molecule has 28 heavy (non-hydrogen) atoms. The number of benzene rings is 3. The van der Waals surface area contributed by atoms with Crippen molar-refractivity contribution < 1.29 is 14.6 Å². The molecule has 0 spiro atoms. The normalized spacial score (nSPS) is 20.5.